The number of nitrogens with one attached hydrogen (secondary N) is 1. The number of hydrogen-bond acceptors (Lipinski definition) is 3. The molecule has 7 heteroatoms. The smallest absolute Gasteiger partial charge is 0.254 e. The minimum absolute atomic E-state index is 0.00836. The molecule has 1 aromatic heterocycles. The Morgan fingerprint density at radius 2 is 2.00 bits per heavy atom. The number of likely N-dealkylation sites (tertiary alicyclic amines) is 1. The van der Waals surface area contributed by atoms with Crippen LogP contribution in [-0.4, -0.2) is 36.9 Å². The fourth-order valence-corrected chi connectivity index (χ4v) is 4.80. The third-order valence-corrected chi connectivity index (χ3v) is 6.61. The lowest BCUT2D eigenvalue weighted by Crippen LogP contribution is -2.35. The van der Waals surface area contributed by atoms with E-state index in [9.17, 15) is 13.2 Å². The van der Waals surface area contributed by atoms with Crippen LogP contribution in [0.15, 0.2) is 47.5 Å². The second-order valence-corrected chi connectivity index (χ2v) is 8.70. The summed E-state index contributed by atoms with van der Waals surface area (Å²) in [5.74, 6) is -0.114. The molecule has 27 heavy (non-hydrogen) atoms. The molecular formula is C20H27N3O3S. The number of benzene rings is 1. The number of amides is 1. The van der Waals surface area contributed by atoms with E-state index >= 15 is 0 Å². The van der Waals surface area contributed by atoms with E-state index in [1.54, 1.807) is 19.1 Å². The molecule has 1 aliphatic heterocycles. The largest absolute Gasteiger partial charge is 0.353 e. The number of carbonyl (C=O) groups is 1. The van der Waals surface area contributed by atoms with Gasteiger partial charge >= 0.3 is 0 Å². The maximum Gasteiger partial charge on any atom is 0.254 e. The highest BCUT2D eigenvalue weighted by molar-refractivity contribution is 7.89. The first-order chi connectivity index (χ1) is 12.9. The van der Waals surface area contributed by atoms with Gasteiger partial charge in [0.1, 0.15) is 0 Å². The lowest BCUT2D eigenvalue weighted by Gasteiger charge is -2.31. The summed E-state index contributed by atoms with van der Waals surface area (Å²) in [6.45, 7) is 2.72. The van der Waals surface area contributed by atoms with E-state index in [1.165, 1.54) is 12.1 Å². The Kier molecular flexibility index (Phi) is 6.01. The number of nitrogens with zero attached hydrogens (tertiary/aromatic N) is 2. The van der Waals surface area contributed by atoms with Crippen LogP contribution in [0, 0.1) is 0 Å². The molecule has 1 unspecified atom stereocenters. The fourth-order valence-electron chi connectivity index (χ4n) is 3.71. The van der Waals surface area contributed by atoms with Gasteiger partial charge in [0.05, 0.1) is 10.9 Å². The van der Waals surface area contributed by atoms with Gasteiger partial charge in [-0.05, 0) is 43.2 Å². The van der Waals surface area contributed by atoms with Crippen molar-refractivity contribution in [2.24, 2.45) is 7.05 Å². The van der Waals surface area contributed by atoms with Gasteiger partial charge in [-0.2, -0.15) is 0 Å². The number of carbonyl (C=O) groups excluding carboxylic acids is 1. The quantitative estimate of drug-likeness (QED) is 0.854. The lowest BCUT2D eigenvalue weighted by molar-refractivity contribution is 0.0674. The van der Waals surface area contributed by atoms with Crippen LogP contribution in [-0.2, 0) is 17.1 Å². The third kappa shape index (κ3) is 4.25. The predicted octanol–water partition coefficient (Wildman–Crippen LogP) is 3.08. The summed E-state index contributed by atoms with van der Waals surface area (Å²) in [5.41, 5.74) is 1.52. The van der Waals surface area contributed by atoms with Crippen molar-refractivity contribution < 1.29 is 13.2 Å². The minimum atomic E-state index is -3.59. The molecule has 1 N–H and O–H groups in total. The summed E-state index contributed by atoms with van der Waals surface area (Å²) in [4.78, 5) is 15.3. The molecule has 2 heterocycles. The molecule has 6 nitrogen and oxygen atoms in total. The van der Waals surface area contributed by atoms with E-state index < -0.39 is 10.0 Å². The molecule has 0 spiro atoms. The Morgan fingerprint density at radius 1 is 1.19 bits per heavy atom. The Balaban J connectivity index is 1.94. The van der Waals surface area contributed by atoms with Gasteiger partial charge in [0.15, 0.2) is 0 Å². The van der Waals surface area contributed by atoms with Gasteiger partial charge in [-0.15, -0.1) is 0 Å². The number of sulfonamides is 1. The molecule has 0 saturated carbocycles. The van der Waals surface area contributed by atoms with Crippen molar-refractivity contribution in [1.82, 2.24) is 14.2 Å². The summed E-state index contributed by atoms with van der Waals surface area (Å²) >= 11 is 0. The first-order valence-corrected chi connectivity index (χ1v) is 10.9. The molecule has 0 aliphatic carbocycles. The number of rotatable bonds is 5. The maximum absolute atomic E-state index is 13.3. The first kappa shape index (κ1) is 19.6. The van der Waals surface area contributed by atoms with Gasteiger partial charge in [-0.3, -0.25) is 4.79 Å². The molecule has 0 radical (unpaired) electrons. The normalized spacial score (nSPS) is 18.3. The SMILES string of the molecule is CCNS(=O)(=O)c1cccc(C(=O)N2CCCCCC2c2cccn2C)c1. The van der Waals surface area contributed by atoms with Crippen molar-refractivity contribution in [3.8, 4) is 0 Å². The Morgan fingerprint density at radius 3 is 2.70 bits per heavy atom. The highest BCUT2D eigenvalue weighted by atomic mass is 32.2. The topological polar surface area (TPSA) is 71.4 Å². The van der Waals surface area contributed by atoms with Crippen molar-refractivity contribution in [1.29, 1.82) is 0 Å². The average Bonchev–Trinajstić information content (AvgIpc) is 2.93. The first-order valence-electron chi connectivity index (χ1n) is 9.46. The molecule has 2 aromatic rings. The van der Waals surface area contributed by atoms with Gasteiger partial charge in [-0.25, -0.2) is 13.1 Å². The summed E-state index contributed by atoms with van der Waals surface area (Å²) in [7, 11) is -1.60. The van der Waals surface area contributed by atoms with Crippen molar-refractivity contribution in [3.63, 3.8) is 0 Å². The van der Waals surface area contributed by atoms with Gasteiger partial charge in [0.2, 0.25) is 10.0 Å². The molecule has 1 aromatic carbocycles. The zero-order valence-corrected chi connectivity index (χ0v) is 16.7. The summed E-state index contributed by atoms with van der Waals surface area (Å²) in [6.07, 6.45) is 6.04. The van der Waals surface area contributed by atoms with E-state index in [0.717, 1.165) is 31.4 Å². The monoisotopic (exact) mass is 389 g/mol. The van der Waals surface area contributed by atoms with Crippen molar-refractivity contribution >= 4 is 15.9 Å². The number of aryl methyl sites for hydroxylation is 1. The van der Waals surface area contributed by atoms with Crippen LogP contribution in [0.5, 0.6) is 0 Å². The van der Waals surface area contributed by atoms with Crippen LogP contribution in [0.25, 0.3) is 0 Å². The third-order valence-electron chi connectivity index (χ3n) is 5.06. The zero-order valence-electron chi connectivity index (χ0n) is 15.9. The highest BCUT2D eigenvalue weighted by Gasteiger charge is 2.29. The van der Waals surface area contributed by atoms with E-state index in [4.69, 9.17) is 0 Å². The lowest BCUT2D eigenvalue weighted by atomic mass is 10.1. The second-order valence-electron chi connectivity index (χ2n) is 6.94. The maximum atomic E-state index is 13.3. The molecule has 1 atom stereocenters. The van der Waals surface area contributed by atoms with Crippen LogP contribution in [0.3, 0.4) is 0 Å². The Labute approximate surface area is 161 Å². The summed E-state index contributed by atoms with van der Waals surface area (Å²) in [6, 6.07) is 10.4. The summed E-state index contributed by atoms with van der Waals surface area (Å²) in [5, 5.41) is 0. The Bertz CT molecular complexity index is 905. The van der Waals surface area contributed by atoms with Crippen molar-refractivity contribution in [3.05, 3.63) is 53.9 Å². The number of aromatic nitrogens is 1. The van der Waals surface area contributed by atoms with Crippen molar-refractivity contribution in [2.45, 2.75) is 43.5 Å². The van der Waals surface area contributed by atoms with Crippen LogP contribution in [0.1, 0.15) is 54.7 Å². The van der Waals surface area contributed by atoms with Gasteiger partial charge in [0, 0.05) is 37.6 Å². The van der Waals surface area contributed by atoms with Gasteiger partial charge < -0.3 is 9.47 Å². The summed E-state index contributed by atoms with van der Waals surface area (Å²) < 4.78 is 29.1. The van der Waals surface area contributed by atoms with E-state index in [2.05, 4.69) is 15.4 Å². The minimum Gasteiger partial charge on any atom is -0.353 e. The molecule has 1 amide bonds. The highest BCUT2D eigenvalue weighted by Crippen LogP contribution is 2.31. The average molecular weight is 390 g/mol. The molecule has 1 aliphatic rings. The standard InChI is InChI=1S/C20H27N3O3S/c1-3-21-27(25,26)17-10-7-9-16(15-17)20(24)23-14-6-4-5-11-19(23)18-12-8-13-22(18)2/h7-10,12-13,15,19,21H,3-6,11,14H2,1-2H3. The Hall–Kier alpha value is -2.12. The fraction of sp³-hybridized carbons (Fsp3) is 0.450. The van der Waals surface area contributed by atoms with Gasteiger partial charge in [0.25, 0.3) is 5.91 Å². The van der Waals surface area contributed by atoms with E-state index in [-0.39, 0.29) is 16.8 Å². The zero-order chi connectivity index (χ0) is 19.4. The molecule has 1 saturated heterocycles. The second kappa shape index (κ2) is 8.27. The predicted molar refractivity (Wildman–Crippen MR) is 105 cm³/mol. The number of hydrogen-bond donors (Lipinski definition) is 1. The van der Waals surface area contributed by atoms with Crippen LogP contribution >= 0.6 is 0 Å². The van der Waals surface area contributed by atoms with Crippen LogP contribution < -0.4 is 4.72 Å². The van der Waals surface area contributed by atoms with E-state index in [1.807, 2.05) is 24.2 Å². The molecular weight excluding hydrogens is 362 g/mol. The van der Waals surface area contributed by atoms with Crippen molar-refractivity contribution in [2.75, 3.05) is 13.1 Å². The molecule has 1 fully saturated rings. The van der Waals surface area contributed by atoms with E-state index in [0.29, 0.717) is 18.7 Å². The molecule has 146 valence electrons. The molecule has 3 rings (SSSR count). The van der Waals surface area contributed by atoms with Gasteiger partial charge in [-0.1, -0.05) is 25.8 Å². The van der Waals surface area contributed by atoms with Crippen LogP contribution in [0.4, 0.5) is 0 Å². The molecule has 0 bridgehead atoms. The van der Waals surface area contributed by atoms with Crippen LogP contribution in [0.2, 0.25) is 0 Å².